The van der Waals surface area contributed by atoms with Crippen molar-refractivity contribution in [2.24, 2.45) is 0 Å². The van der Waals surface area contributed by atoms with Crippen molar-refractivity contribution in [1.29, 1.82) is 0 Å². The SMILES string of the molecule is COC(=O)c1ccc(C2CCN(C(=O)c3ccco3)CC2)c(C(F)(F)F)c1. The number of furan rings is 1. The third kappa shape index (κ3) is 3.99. The Morgan fingerprint density at radius 3 is 2.44 bits per heavy atom. The molecule has 5 nitrogen and oxygen atoms in total. The Morgan fingerprint density at radius 1 is 1.19 bits per heavy atom. The predicted molar refractivity (Wildman–Crippen MR) is 89.4 cm³/mol. The summed E-state index contributed by atoms with van der Waals surface area (Å²) in [4.78, 5) is 25.4. The number of halogens is 3. The van der Waals surface area contributed by atoms with Crippen LogP contribution in [0.15, 0.2) is 41.0 Å². The van der Waals surface area contributed by atoms with Crippen molar-refractivity contribution in [2.75, 3.05) is 20.2 Å². The molecule has 0 bridgehead atoms. The molecule has 0 spiro atoms. The molecule has 1 amide bonds. The van der Waals surface area contributed by atoms with Gasteiger partial charge in [0.15, 0.2) is 5.76 Å². The number of esters is 1. The van der Waals surface area contributed by atoms with Crippen LogP contribution in [0.2, 0.25) is 0 Å². The summed E-state index contributed by atoms with van der Waals surface area (Å²) in [5, 5.41) is 0. The highest BCUT2D eigenvalue weighted by Gasteiger charge is 2.37. The molecule has 27 heavy (non-hydrogen) atoms. The van der Waals surface area contributed by atoms with Crippen molar-refractivity contribution in [2.45, 2.75) is 24.9 Å². The minimum Gasteiger partial charge on any atom is -0.465 e. The zero-order chi connectivity index (χ0) is 19.6. The standard InChI is InChI=1S/C19H18F3NO4/c1-26-18(25)13-4-5-14(15(11-13)19(20,21)22)12-6-8-23(9-7-12)17(24)16-3-2-10-27-16/h2-5,10-12H,6-9H2,1H3. The molecule has 2 heterocycles. The van der Waals surface area contributed by atoms with E-state index in [2.05, 4.69) is 4.74 Å². The molecule has 1 aromatic heterocycles. The lowest BCUT2D eigenvalue weighted by Crippen LogP contribution is -2.38. The summed E-state index contributed by atoms with van der Waals surface area (Å²) < 4.78 is 50.1. The van der Waals surface area contributed by atoms with Crippen LogP contribution in [0, 0.1) is 0 Å². The molecule has 0 saturated carbocycles. The zero-order valence-corrected chi connectivity index (χ0v) is 14.6. The second-order valence-electron chi connectivity index (χ2n) is 6.34. The van der Waals surface area contributed by atoms with Crippen molar-refractivity contribution in [3.63, 3.8) is 0 Å². The molecule has 1 fully saturated rings. The summed E-state index contributed by atoms with van der Waals surface area (Å²) in [5.41, 5.74) is -0.833. The van der Waals surface area contributed by atoms with Gasteiger partial charge in [0.25, 0.3) is 5.91 Å². The average molecular weight is 381 g/mol. The molecule has 2 aromatic rings. The lowest BCUT2D eigenvalue weighted by Gasteiger charge is -2.33. The molecule has 1 aliphatic heterocycles. The van der Waals surface area contributed by atoms with E-state index in [1.165, 1.54) is 18.4 Å². The van der Waals surface area contributed by atoms with E-state index in [4.69, 9.17) is 4.42 Å². The first-order valence-corrected chi connectivity index (χ1v) is 8.43. The summed E-state index contributed by atoms with van der Waals surface area (Å²) in [6.07, 6.45) is -2.39. The second-order valence-corrected chi connectivity index (χ2v) is 6.34. The molecular formula is C19H18F3NO4. The molecule has 0 N–H and O–H groups in total. The highest BCUT2D eigenvalue weighted by molar-refractivity contribution is 5.91. The van der Waals surface area contributed by atoms with Gasteiger partial charge in [-0.25, -0.2) is 4.79 Å². The summed E-state index contributed by atoms with van der Waals surface area (Å²) in [7, 11) is 1.12. The summed E-state index contributed by atoms with van der Waals surface area (Å²) in [6, 6.07) is 6.68. The number of nitrogens with zero attached hydrogens (tertiary/aromatic N) is 1. The first-order chi connectivity index (χ1) is 12.8. The fourth-order valence-electron chi connectivity index (χ4n) is 3.35. The summed E-state index contributed by atoms with van der Waals surface area (Å²) in [5.74, 6) is -1.22. The number of ether oxygens (including phenoxy) is 1. The van der Waals surface area contributed by atoms with Crippen LogP contribution in [0.25, 0.3) is 0 Å². The molecule has 1 aromatic carbocycles. The maximum absolute atomic E-state index is 13.5. The van der Waals surface area contributed by atoms with Gasteiger partial charge < -0.3 is 14.1 Å². The molecule has 1 saturated heterocycles. The third-order valence-corrected chi connectivity index (χ3v) is 4.73. The van der Waals surface area contributed by atoms with Crippen LogP contribution >= 0.6 is 0 Å². The molecule has 144 valence electrons. The number of benzene rings is 1. The number of hydrogen-bond donors (Lipinski definition) is 0. The van der Waals surface area contributed by atoms with Gasteiger partial charge in [0.2, 0.25) is 0 Å². The Labute approximate surface area is 153 Å². The quantitative estimate of drug-likeness (QED) is 0.751. The van der Waals surface area contributed by atoms with Gasteiger partial charge in [0.05, 0.1) is 24.5 Å². The average Bonchev–Trinajstić information content (AvgIpc) is 3.20. The molecule has 1 aliphatic rings. The maximum Gasteiger partial charge on any atom is 0.416 e. The van der Waals surface area contributed by atoms with E-state index in [1.807, 2.05) is 0 Å². The topological polar surface area (TPSA) is 59.8 Å². The lowest BCUT2D eigenvalue weighted by atomic mass is 9.85. The fraction of sp³-hybridized carbons (Fsp3) is 0.368. The Kier molecular flexibility index (Phi) is 5.25. The predicted octanol–water partition coefficient (Wildman–Crippen LogP) is 4.10. The highest BCUT2D eigenvalue weighted by atomic mass is 19.4. The van der Waals surface area contributed by atoms with Crippen LogP contribution < -0.4 is 0 Å². The minimum atomic E-state index is -4.58. The zero-order valence-electron chi connectivity index (χ0n) is 14.6. The maximum atomic E-state index is 13.5. The van der Waals surface area contributed by atoms with Crippen LogP contribution in [-0.2, 0) is 10.9 Å². The largest absolute Gasteiger partial charge is 0.465 e. The van der Waals surface area contributed by atoms with E-state index in [9.17, 15) is 22.8 Å². The summed E-state index contributed by atoms with van der Waals surface area (Å²) in [6.45, 7) is 0.667. The third-order valence-electron chi connectivity index (χ3n) is 4.73. The number of amides is 1. The number of likely N-dealkylation sites (tertiary alicyclic amines) is 1. The van der Waals surface area contributed by atoms with Crippen LogP contribution in [0.4, 0.5) is 13.2 Å². The molecule has 3 rings (SSSR count). The number of hydrogen-bond acceptors (Lipinski definition) is 4. The molecule has 8 heteroatoms. The molecular weight excluding hydrogens is 363 g/mol. The normalized spacial score (nSPS) is 15.6. The van der Waals surface area contributed by atoms with Gasteiger partial charge in [-0.2, -0.15) is 13.2 Å². The van der Waals surface area contributed by atoms with Gasteiger partial charge >= 0.3 is 12.1 Å². The number of carbonyl (C=O) groups excluding carboxylic acids is 2. The molecule has 0 unspecified atom stereocenters. The number of alkyl halides is 3. The number of piperidine rings is 1. The van der Waals surface area contributed by atoms with Crippen LogP contribution in [0.3, 0.4) is 0 Å². The highest BCUT2D eigenvalue weighted by Crippen LogP contribution is 2.39. The fourth-order valence-corrected chi connectivity index (χ4v) is 3.35. The smallest absolute Gasteiger partial charge is 0.416 e. The first-order valence-electron chi connectivity index (χ1n) is 8.43. The van der Waals surface area contributed by atoms with Gasteiger partial charge in [0, 0.05) is 13.1 Å². The van der Waals surface area contributed by atoms with Gasteiger partial charge in [-0.3, -0.25) is 4.79 Å². The van der Waals surface area contributed by atoms with Crippen molar-refractivity contribution < 1.29 is 31.9 Å². The van der Waals surface area contributed by atoms with Gasteiger partial charge in [0.1, 0.15) is 0 Å². The van der Waals surface area contributed by atoms with Gasteiger partial charge in [-0.15, -0.1) is 0 Å². The Morgan fingerprint density at radius 2 is 1.89 bits per heavy atom. The Balaban J connectivity index is 1.79. The van der Waals surface area contributed by atoms with Gasteiger partial charge in [-0.05, 0) is 48.6 Å². The van der Waals surface area contributed by atoms with Crippen molar-refractivity contribution in [1.82, 2.24) is 4.90 Å². The molecule has 0 atom stereocenters. The molecule has 0 radical (unpaired) electrons. The van der Waals surface area contributed by atoms with E-state index >= 15 is 0 Å². The minimum absolute atomic E-state index is 0.139. The monoisotopic (exact) mass is 381 g/mol. The Bertz CT molecular complexity index is 822. The van der Waals surface area contributed by atoms with Crippen LogP contribution in [-0.4, -0.2) is 37.0 Å². The first kappa shape index (κ1) is 19.0. The number of rotatable bonds is 3. The summed E-state index contributed by atoms with van der Waals surface area (Å²) >= 11 is 0. The second kappa shape index (κ2) is 7.46. The number of carbonyl (C=O) groups is 2. The van der Waals surface area contributed by atoms with Crippen LogP contribution in [0.5, 0.6) is 0 Å². The Hall–Kier alpha value is -2.77. The van der Waals surface area contributed by atoms with E-state index in [0.717, 1.165) is 13.2 Å². The van der Waals surface area contributed by atoms with Crippen LogP contribution in [0.1, 0.15) is 50.8 Å². The lowest BCUT2D eigenvalue weighted by molar-refractivity contribution is -0.138. The van der Waals surface area contributed by atoms with Crippen molar-refractivity contribution in [3.05, 3.63) is 59.0 Å². The van der Waals surface area contributed by atoms with Crippen molar-refractivity contribution >= 4 is 11.9 Å². The van der Waals surface area contributed by atoms with E-state index < -0.39 is 17.7 Å². The van der Waals surface area contributed by atoms with E-state index in [1.54, 1.807) is 17.0 Å². The van der Waals surface area contributed by atoms with E-state index in [-0.39, 0.29) is 28.7 Å². The van der Waals surface area contributed by atoms with Gasteiger partial charge in [-0.1, -0.05) is 6.07 Å². The van der Waals surface area contributed by atoms with Crippen molar-refractivity contribution in [3.8, 4) is 0 Å². The number of methoxy groups -OCH3 is 1. The van der Waals surface area contributed by atoms with E-state index in [0.29, 0.717) is 25.9 Å². The molecule has 0 aliphatic carbocycles.